The molecule has 0 spiro atoms. The van der Waals surface area contributed by atoms with Crippen LogP contribution in [-0.2, 0) is 22.6 Å². The van der Waals surface area contributed by atoms with Crippen molar-refractivity contribution in [1.29, 1.82) is 0 Å². The molecule has 1 heterocycles. The summed E-state index contributed by atoms with van der Waals surface area (Å²) in [6.45, 7) is 0.411. The van der Waals surface area contributed by atoms with Crippen LogP contribution >= 0.6 is 0 Å². The highest BCUT2D eigenvalue weighted by molar-refractivity contribution is 5.94. The van der Waals surface area contributed by atoms with Crippen molar-refractivity contribution in [2.45, 2.75) is 19.0 Å². The minimum atomic E-state index is -0.532. The van der Waals surface area contributed by atoms with Crippen molar-refractivity contribution in [2.75, 3.05) is 27.8 Å². The fourth-order valence-electron chi connectivity index (χ4n) is 3.32. The van der Waals surface area contributed by atoms with Gasteiger partial charge in [0.25, 0.3) is 0 Å². The van der Waals surface area contributed by atoms with Crippen molar-refractivity contribution in [3.8, 4) is 11.5 Å². The predicted octanol–water partition coefficient (Wildman–Crippen LogP) is 2.12. The van der Waals surface area contributed by atoms with Gasteiger partial charge in [-0.15, -0.1) is 0 Å². The van der Waals surface area contributed by atoms with Crippen molar-refractivity contribution >= 4 is 11.8 Å². The maximum Gasteiger partial charge on any atom is 0.245 e. The number of amides is 2. The molecule has 2 aromatic carbocycles. The number of ether oxygens (including phenoxy) is 2. The number of benzene rings is 2. The molecule has 0 aliphatic carbocycles. The molecule has 6 heteroatoms. The average molecular weight is 368 g/mol. The molecule has 2 amide bonds. The van der Waals surface area contributed by atoms with E-state index in [2.05, 4.69) is 0 Å². The Morgan fingerprint density at radius 3 is 2.19 bits per heavy atom. The zero-order valence-corrected chi connectivity index (χ0v) is 15.8. The second-order valence-corrected chi connectivity index (χ2v) is 6.64. The third-order valence-electron chi connectivity index (χ3n) is 4.77. The molecule has 6 nitrogen and oxygen atoms in total. The maximum atomic E-state index is 12.8. The van der Waals surface area contributed by atoms with Crippen LogP contribution in [0.4, 0.5) is 0 Å². The summed E-state index contributed by atoms with van der Waals surface area (Å²) in [5.74, 6) is 1.18. The summed E-state index contributed by atoms with van der Waals surface area (Å²) < 4.78 is 10.6. The van der Waals surface area contributed by atoms with Crippen LogP contribution < -0.4 is 9.47 Å². The SMILES string of the molecule is COc1cc(CN2C(=O)CN(C)C(=O)[C@H]2Cc2ccccc2)cc(OC)c1. The molecular weight excluding hydrogens is 344 g/mol. The molecule has 1 atom stereocenters. The monoisotopic (exact) mass is 368 g/mol. The number of hydrogen-bond acceptors (Lipinski definition) is 4. The molecular formula is C21H24N2O4. The lowest BCUT2D eigenvalue weighted by Gasteiger charge is -2.39. The molecule has 1 fully saturated rings. The smallest absolute Gasteiger partial charge is 0.245 e. The van der Waals surface area contributed by atoms with Gasteiger partial charge in [0, 0.05) is 26.1 Å². The highest BCUT2D eigenvalue weighted by Gasteiger charge is 2.37. The van der Waals surface area contributed by atoms with Gasteiger partial charge in [0.1, 0.15) is 17.5 Å². The van der Waals surface area contributed by atoms with E-state index in [0.29, 0.717) is 24.5 Å². The van der Waals surface area contributed by atoms with Crippen molar-refractivity contribution in [2.24, 2.45) is 0 Å². The zero-order chi connectivity index (χ0) is 19.4. The second-order valence-electron chi connectivity index (χ2n) is 6.64. The Morgan fingerprint density at radius 2 is 1.59 bits per heavy atom. The van der Waals surface area contributed by atoms with Crippen LogP contribution in [0, 0.1) is 0 Å². The molecule has 1 aliphatic heterocycles. The van der Waals surface area contributed by atoms with E-state index in [4.69, 9.17) is 9.47 Å². The van der Waals surface area contributed by atoms with Gasteiger partial charge in [-0.3, -0.25) is 9.59 Å². The molecule has 0 aromatic heterocycles. The molecule has 142 valence electrons. The molecule has 1 saturated heterocycles. The molecule has 0 bridgehead atoms. The Kier molecular flexibility index (Phi) is 5.64. The van der Waals surface area contributed by atoms with Crippen molar-refractivity contribution < 1.29 is 19.1 Å². The van der Waals surface area contributed by atoms with Crippen molar-refractivity contribution in [3.63, 3.8) is 0 Å². The van der Waals surface area contributed by atoms with Crippen LogP contribution in [0.5, 0.6) is 11.5 Å². The van der Waals surface area contributed by atoms with Crippen LogP contribution in [0.1, 0.15) is 11.1 Å². The number of nitrogens with zero attached hydrogens (tertiary/aromatic N) is 2. The van der Waals surface area contributed by atoms with E-state index in [1.54, 1.807) is 32.2 Å². The summed E-state index contributed by atoms with van der Waals surface area (Å²) >= 11 is 0. The van der Waals surface area contributed by atoms with Gasteiger partial charge in [-0.2, -0.15) is 0 Å². The molecule has 0 N–H and O–H groups in total. The summed E-state index contributed by atoms with van der Waals surface area (Å²) in [7, 11) is 4.84. The summed E-state index contributed by atoms with van der Waals surface area (Å²) in [5.41, 5.74) is 1.88. The van der Waals surface area contributed by atoms with Gasteiger partial charge in [0.2, 0.25) is 11.8 Å². The van der Waals surface area contributed by atoms with Gasteiger partial charge in [0.05, 0.1) is 20.8 Å². The fourth-order valence-corrected chi connectivity index (χ4v) is 3.32. The van der Waals surface area contributed by atoms with E-state index in [1.165, 1.54) is 4.90 Å². The van der Waals surface area contributed by atoms with Crippen LogP contribution in [-0.4, -0.2) is 55.5 Å². The zero-order valence-electron chi connectivity index (χ0n) is 15.8. The minimum Gasteiger partial charge on any atom is -0.497 e. The molecule has 1 aliphatic rings. The van der Waals surface area contributed by atoms with E-state index >= 15 is 0 Å². The van der Waals surface area contributed by atoms with Crippen LogP contribution in [0.25, 0.3) is 0 Å². The number of likely N-dealkylation sites (N-methyl/N-ethyl adjacent to an activating group) is 1. The first-order valence-corrected chi connectivity index (χ1v) is 8.82. The third kappa shape index (κ3) is 4.22. The summed E-state index contributed by atoms with van der Waals surface area (Å²) in [4.78, 5) is 28.7. The maximum absolute atomic E-state index is 12.8. The van der Waals surface area contributed by atoms with E-state index in [1.807, 2.05) is 42.5 Å². The lowest BCUT2D eigenvalue weighted by Crippen LogP contribution is -2.59. The first kappa shape index (κ1) is 18.8. The van der Waals surface area contributed by atoms with Gasteiger partial charge in [0.15, 0.2) is 0 Å². The lowest BCUT2D eigenvalue weighted by molar-refractivity contribution is -0.155. The molecule has 0 unspecified atom stereocenters. The van der Waals surface area contributed by atoms with Gasteiger partial charge >= 0.3 is 0 Å². The summed E-state index contributed by atoms with van der Waals surface area (Å²) in [6.07, 6.45) is 0.483. The van der Waals surface area contributed by atoms with Gasteiger partial charge in [-0.25, -0.2) is 0 Å². The van der Waals surface area contributed by atoms with Gasteiger partial charge < -0.3 is 19.3 Å². The Hall–Kier alpha value is -3.02. The number of hydrogen-bond donors (Lipinski definition) is 0. The Labute approximate surface area is 159 Å². The van der Waals surface area contributed by atoms with E-state index in [-0.39, 0.29) is 18.4 Å². The summed E-state index contributed by atoms with van der Waals surface area (Å²) in [6, 6.07) is 14.7. The largest absolute Gasteiger partial charge is 0.497 e. The molecule has 0 saturated carbocycles. The Morgan fingerprint density at radius 1 is 0.963 bits per heavy atom. The fraction of sp³-hybridized carbons (Fsp3) is 0.333. The van der Waals surface area contributed by atoms with E-state index in [9.17, 15) is 9.59 Å². The number of methoxy groups -OCH3 is 2. The summed E-state index contributed by atoms with van der Waals surface area (Å²) in [5, 5.41) is 0. The molecule has 2 aromatic rings. The number of carbonyl (C=O) groups is 2. The van der Waals surface area contributed by atoms with Crippen LogP contribution in [0.15, 0.2) is 48.5 Å². The highest BCUT2D eigenvalue weighted by atomic mass is 16.5. The normalized spacial score (nSPS) is 17.2. The van der Waals surface area contributed by atoms with Gasteiger partial charge in [-0.05, 0) is 23.3 Å². The molecule has 27 heavy (non-hydrogen) atoms. The average Bonchev–Trinajstić information content (AvgIpc) is 2.69. The van der Waals surface area contributed by atoms with Gasteiger partial charge in [-0.1, -0.05) is 30.3 Å². The van der Waals surface area contributed by atoms with E-state index in [0.717, 1.165) is 11.1 Å². The minimum absolute atomic E-state index is 0.0479. The quantitative estimate of drug-likeness (QED) is 0.784. The first-order valence-electron chi connectivity index (χ1n) is 8.82. The molecule has 0 radical (unpaired) electrons. The number of piperazine rings is 1. The van der Waals surface area contributed by atoms with Crippen molar-refractivity contribution in [3.05, 3.63) is 59.7 Å². The molecule has 3 rings (SSSR count). The standard InChI is InChI=1S/C21H24N2O4/c1-22-14-20(24)23(13-16-9-17(26-2)12-18(10-16)27-3)19(21(22)25)11-15-7-5-4-6-8-15/h4-10,12,19H,11,13-14H2,1-3H3/t19-/m1/s1. The van der Waals surface area contributed by atoms with Crippen LogP contribution in [0.2, 0.25) is 0 Å². The lowest BCUT2D eigenvalue weighted by atomic mass is 10.00. The number of carbonyl (C=O) groups excluding carboxylic acids is 2. The topological polar surface area (TPSA) is 59.1 Å². The Bertz CT molecular complexity index is 800. The van der Waals surface area contributed by atoms with E-state index < -0.39 is 6.04 Å². The number of rotatable bonds is 6. The van der Waals surface area contributed by atoms with Crippen LogP contribution in [0.3, 0.4) is 0 Å². The second kappa shape index (κ2) is 8.12. The highest BCUT2D eigenvalue weighted by Crippen LogP contribution is 2.26. The first-order chi connectivity index (χ1) is 13.0. The predicted molar refractivity (Wildman–Crippen MR) is 102 cm³/mol. The van der Waals surface area contributed by atoms with Crippen molar-refractivity contribution in [1.82, 2.24) is 9.80 Å². The Balaban J connectivity index is 1.90. The third-order valence-corrected chi connectivity index (χ3v) is 4.77.